The van der Waals surface area contributed by atoms with Crippen LogP contribution in [0.2, 0.25) is 0 Å². The molecule has 1 saturated heterocycles. The van der Waals surface area contributed by atoms with Crippen LogP contribution in [0.15, 0.2) is 34.1 Å². The second kappa shape index (κ2) is 6.87. The second-order valence-corrected chi connectivity index (χ2v) is 6.82. The summed E-state index contributed by atoms with van der Waals surface area (Å²) >= 11 is 4.83. The summed E-state index contributed by atoms with van der Waals surface area (Å²) in [4.78, 5) is 16.7. The van der Waals surface area contributed by atoms with Crippen LogP contribution >= 0.6 is 27.3 Å². The Morgan fingerprint density at radius 2 is 2.23 bits per heavy atom. The number of carbonyl (C=O) groups excluding carboxylic acids is 1. The number of amides is 1. The molecule has 0 aliphatic carbocycles. The van der Waals surface area contributed by atoms with E-state index in [-0.39, 0.29) is 18.1 Å². The standard InChI is InChI=1S/C15H16BrN3O2S/c1-9-13(17-6-7-21-9)14(20)19-15-18-12(8-22-15)10-2-4-11(16)5-3-10/h2-5,8-9,13,17H,6-7H2,1H3,(H,18,19,20)/t9-,13+/m1/s1. The number of aromatic nitrogens is 1. The topological polar surface area (TPSA) is 63.2 Å². The number of carbonyl (C=O) groups is 1. The van der Waals surface area contributed by atoms with Crippen molar-refractivity contribution in [1.29, 1.82) is 0 Å². The fourth-order valence-electron chi connectivity index (χ4n) is 2.29. The number of morpholine rings is 1. The Hall–Kier alpha value is -1.28. The molecule has 3 rings (SSSR count). The fourth-order valence-corrected chi connectivity index (χ4v) is 3.28. The Bertz CT molecular complexity index is 659. The van der Waals surface area contributed by atoms with Crippen molar-refractivity contribution in [3.63, 3.8) is 0 Å². The lowest BCUT2D eigenvalue weighted by molar-refractivity contribution is -0.123. The van der Waals surface area contributed by atoms with Crippen LogP contribution < -0.4 is 10.6 Å². The van der Waals surface area contributed by atoms with E-state index in [0.717, 1.165) is 15.7 Å². The quantitative estimate of drug-likeness (QED) is 0.857. The highest BCUT2D eigenvalue weighted by Gasteiger charge is 2.28. The van der Waals surface area contributed by atoms with Crippen LogP contribution in [0.1, 0.15) is 6.92 Å². The monoisotopic (exact) mass is 381 g/mol. The molecule has 0 unspecified atom stereocenters. The van der Waals surface area contributed by atoms with Gasteiger partial charge in [0.25, 0.3) is 0 Å². The van der Waals surface area contributed by atoms with E-state index in [2.05, 4.69) is 31.5 Å². The minimum absolute atomic E-state index is 0.107. The fraction of sp³-hybridized carbons (Fsp3) is 0.333. The van der Waals surface area contributed by atoms with Gasteiger partial charge in [0.1, 0.15) is 6.04 Å². The Morgan fingerprint density at radius 3 is 2.95 bits per heavy atom. The summed E-state index contributed by atoms with van der Waals surface area (Å²) < 4.78 is 6.52. The molecule has 1 amide bonds. The molecule has 2 heterocycles. The van der Waals surface area contributed by atoms with Gasteiger partial charge in [0, 0.05) is 22.0 Å². The smallest absolute Gasteiger partial charge is 0.245 e. The van der Waals surface area contributed by atoms with Crippen LogP contribution in [0, 0.1) is 0 Å². The van der Waals surface area contributed by atoms with Gasteiger partial charge in [0.2, 0.25) is 5.91 Å². The van der Waals surface area contributed by atoms with Gasteiger partial charge in [0.05, 0.1) is 18.4 Å². The predicted octanol–water partition coefficient (Wildman–Crippen LogP) is 2.89. The van der Waals surface area contributed by atoms with Crippen molar-refractivity contribution in [3.05, 3.63) is 34.1 Å². The summed E-state index contributed by atoms with van der Waals surface area (Å²) in [6, 6.07) is 7.58. The number of nitrogens with zero attached hydrogens (tertiary/aromatic N) is 1. The van der Waals surface area contributed by atoms with E-state index in [1.54, 1.807) is 0 Å². The van der Waals surface area contributed by atoms with E-state index >= 15 is 0 Å². The van der Waals surface area contributed by atoms with Gasteiger partial charge < -0.3 is 15.4 Å². The molecule has 0 saturated carbocycles. The molecule has 22 heavy (non-hydrogen) atoms. The first kappa shape index (κ1) is 15.6. The molecule has 1 aliphatic heterocycles. The van der Waals surface area contributed by atoms with Crippen LogP contribution in [-0.2, 0) is 9.53 Å². The van der Waals surface area contributed by atoms with Gasteiger partial charge in [-0.25, -0.2) is 4.98 Å². The minimum atomic E-state index is -0.339. The van der Waals surface area contributed by atoms with E-state index in [9.17, 15) is 4.79 Å². The van der Waals surface area contributed by atoms with Crippen LogP contribution in [0.3, 0.4) is 0 Å². The number of anilines is 1. The molecule has 5 nitrogen and oxygen atoms in total. The van der Waals surface area contributed by atoms with Gasteiger partial charge in [-0.3, -0.25) is 4.79 Å². The van der Waals surface area contributed by atoms with Gasteiger partial charge in [-0.2, -0.15) is 0 Å². The number of halogens is 1. The highest BCUT2D eigenvalue weighted by atomic mass is 79.9. The summed E-state index contributed by atoms with van der Waals surface area (Å²) in [6.07, 6.45) is -0.139. The van der Waals surface area contributed by atoms with Gasteiger partial charge in [-0.1, -0.05) is 28.1 Å². The van der Waals surface area contributed by atoms with Crippen LogP contribution in [-0.4, -0.2) is 36.2 Å². The number of ether oxygens (including phenoxy) is 1. The first-order valence-electron chi connectivity index (χ1n) is 7.01. The maximum Gasteiger partial charge on any atom is 0.245 e. The maximum absolute atomic E-state index is 12.3. The average molecular weight is 382 g/mol. The van der Waals surface area contributed by atoms with Gasteiger partial charge in [0.15, 0.2) is 5.13 Å². The predicted molar refractivity (Wildman–Crippen MR) is 91.1 cm³/mol. The molecular formula is C15H16BrN3O2S. The molecule has 1 aromatic carbocycles. The summed E-state index contributed by atoms with van der Waals surface area (Å²) in [5, 5.41) is 8.57. The first-order chi connectivity index (χ1) is 10.6. The SMILES string of the molecule is C[C@H]1OCCN[C@@H]1C(=O)Nc1nc(-c2ccc(Br)cc2)cs1. The highest BCUT2D eigenvalue weighted by Crippen LogP contribution is 2.26. The molecule has 7 heteroatoms. The summed E-state index contributed by atoms with van der Waals surface area (Å²) in [5.74, 6) is -0.107. The Labute approximate surface area is 141 Å². The maximum atomic E-state index is 12.3. The number of hydrogen-bond acceptors (Lipinski definition) is 5. The zero-order chi connectivity index (χ0) is 15.5. The van der Waals surface area contributed by atoms with Crippen molar-refractivity contribution in [2.75, 3.05) is 18.5 Å². The molecular weight excluding hydrogens is 366 g/mol. The molecule has 1 aliphatic rings. The minimum Gasteiger partial charge on any atom is -0.375 e. The van der Waals surface area contributed by atoms with E-state index in [0.29, 0.717) is 18.3 Å². The van der Waals surface area contributed by atoms with E-state index in [4.69, 9.17) is 4.74 Å². The molecule has 0 radical (unpaired) electrons. The molecule has 0 bridgehead atoms. The number of benzene rings is 1. The molecule has 1 aromatic heterocycles. The van der Waals surface area contributed by atoms with E-state index < -0.39 is 0 Å². The Morgan fingerprint density at radius 1 is 1.45 bits per heavy atom. The highest BCUT2D eigenvalue weighted by molar-refractivity contribution is 9.10. The summed E-state index contributed by atoms with van der Waals surface area (Å²) in [7, 11) is 0. The van der Waals surface area contributed by atoms with Crippen molar-refractivity contribution in [2.24, 2.45) is 0 Å². The van der Waals surface area contributed by atoms with Crippen molar-refractivity contribution in [3.8, 4) is 11.3 Å². The van der Waals surface area contributed by atoms with Gasteiger partial charge in [-0.15, -0.1) is 11.3 Å². The molecule has 116 valence electrons. The molecule has 2 atom stereocenters. The lowest BCUT2D eigenvalue weighted by atomic mass is 10.1. The Balaban J connectivity index is 1.68. The number of hydrogen-bond donors (Lipinski definition) is 2. The van der Waals surface area contributed by atoms with Crippen LogP contribution in [0.4, 0.5) is 5.13 Å². The molecule has 0 spiro atoms. The third-order valence-electron chi connectivity index (χ3n) is 3.47. The molecule has 1 fully saturated rings. The zero-order valence-electron chi connectivity index (χ0n) is 12.0. The summed E-state index contributed by atoms with van der Waals surface area (Å²) in [5.41, 5.74) is 1.88. The molecule has 2 aromatic rings. The second-order valence-electron chi connectivity index (χ2n) is 5.04. The third-order valence-corrected chi connectivity index (χ3v) is 4.76. The summed E-state index contributed by atoms with van der Waals surface area (Å²) in [6.45, 7) is 3.21. The largest absolute Gasteiger partial charge is 0.375 e. The van der Waals surface area contributed by atoms with Gasteiger partial charge >= 0.3 is 0 Å². The van der Waals surface area contributed by atoms with Crippen molar-refractivity contribution in [2.45, 2.75) is 19.1 Å². The zero-order valence-corrected chi connectivity index (χ0v) is 14.4. The normalized spacial score (nSPS) is 21.5. The number of rotatable bonds is 3. The van der Waals surface area contributed by atoms with E-state index in [1.807, 2.05) is 36.6 Å². The number of nitrogens with one attached hydrogen (secondary N) is 2. The average Bonchev–Trinajstić information content (AvgIpc) is 2.97. The van der Waals surface area contributed by atoms with Crippen LogP contribution in [0.5, 0.6) is 0 Å². The lowest BCUT2D eigenvalue weighted by Crippen LogP contribution is -2.53. The van der Waals surface area contributed by atoms with Crippen molar-refractivity contribution < 1.29 is 9.53 Å². The number of thiazole rings is 1. The van der Waals surface area contributed by atoms with E-state index in [1.165, 1.54) is 11.3 Å². The lowest BCUT2D eigenvalue weighted by Gasteiger charge is -2.28. The van der Waals surface area contributed by atoms with Crippen molar-refractivity contribution in [1.82, 2.24) is 10.3 Å². The van der Waals surface area contributed by atoms with Crippen molar-refractivity contribution >= 4 is 38.3 Å². The third kappa shape index (κ3) is 3.55. The van der Waals surface area contributed by atoms with Gasteiger partial charge in [-0.05, 0) is 19.1 Å². The molecule has 2 N–H and O–H groups in total. The first-order valence-corrected chi connectivity index (χ1v) is 8.68. The van der Waals surface area contributed by atoms with Crippen LogP contribution in [0.25, 0.3) is 11.3 Å². The Kier molecular flexibility index (Phi) is 4.87.